The standard InChI is InChI=1S/C33H29N3O2/c1-4-9-25-17-23(18-27(20-34)33-35-29-15-14-22(3)16-30(29)36-33)19-31(37-5-2)32(25)38-21-26-12-8-11-24-10-6-7-13-28(24)26/h4,6-8,10-19H,1,5,9,21H2,2-3H3,(H,35,36). The Morgan fingerprint density at radius 3 is 2.68 bits per heavy atom. The lowest BCUT2D eigenvalue weighted by Crippen LogP contribution is -2.04. The van der Waals surface area contributed by atoms with Crippen LogP contribution in [0.25, 0.3) is 33.5 Å². The normalized spacial score (nSPS) is 11.4. The Morgan fingerprint density at radius 2 is 1.87 bits per heavy atom. The van der Waals surface area contributed by atoms with E-state index in [1.165, 1.54) is 5.39 Å². The van der Waals surface area contributed by atoms with E-state index in [1.54, 1.807) is 0 Å². The predicted octanol–water partition coefficient (Wildman–Crippen LogP) is 7.79. The molecule has 0 amide bonds. The van der Waals surface area contributed by atoms with Crippen LogP contribution in [-0.4, -0.2) is 16.6 Å². The molecule has 0 saturated heterocycles. The molecule has 5 nitrogen and oxygen atoms in total. The first-order chi connectivity index (χ1) is 18.6. The number of imidazole rings is 1. The van der Waals surface area contributed by atoms with Gasteiger partial charge in [0, 0.05) is 5.56 Å². The van der Waals surface area contributed by atoms with Gasteiger partial charge in [0.1, 0.15) is 18.5 Å². The quantitative estimate of drug-likeness (QED) is 0.166. The largest absolute Gasteiger partial charge is 0.490 e. The summed E-state index contributed by atoms with van der Waals surface area (Å²) in [6.07, 6.45) is 4.27. The van der Waals surface area contributed by atoms with Crippen LogP contribution in [0.5, 0.6) is 11.5 Å². The molecule has 38 heavy (non-hydrogen) atoms. The molecular formula is C33H29N3O2. The highest BCUT2D eigenvalue weighted by atomic mass is 16.5. The zero-order valence-corrected chi connectivity index (χ0v) is 21.6. The molecule has 5 aromatic rings. The number of ether oxygens (including phenoxy) is 2. The summed E-state index contributed by atoms with van der Waals surface area (Å²) in [6.45, 7) is 8.80. The number of nitrogens with one attached hydrogen (secondary N) is 1. The van der Waals surface area contributed by atoms with Crippen molar-refractivity contribution >= 4 is 33.5 Å². The van der Waals surface area contributed by atoms with Gasteiger partial charge in [-0.25, -0.2) is 4.98 Å². The Kier molecular flexibility index (Phi) is 7.24. The molecule has 0 unspecified atom stereocenters. The lowest BCUT2D eigenvalue weighted by Gasteiger charge is -2.17. The fourth-order valence-corrected chi connectivity index (χ4v) is 4.64. The van der Waals surface area contributed by atoms with Crippen LogP contribution in [0.15, 0.2) is 85.5 Å². The maximum absolute atomic E-state index is 9.97. The van der Waals surface area contributed by atoms with Crippen molar-refractivity contribution in [2.75, 3.05) is 6.61 Å². The van der Waals surface area contributed by atoms with Crippen molar-refractivity contribution in [1.29, 1.82) is 5.26 Å². The van der Waals surface area contributed by atoms with Crippen molar-refractivity contribution in [3.8, 4) is 17.6 Å². The summed E-state index contributed by atoms with van der Waals surface area (Å²) < 4.78 is 12.4. The fourth-order valence-electron chi connectivity index (χ4n) is 4.64. The summed E-state index contributed by atoms with van der Waals surface area (Å²) in [5.74, 6) is 1.86. The number of nitriles is 1. The van der Waals surface area contributed by atoms with E-state index < -0.39 is 0 Å². The third-order valence-electron chi connectivity index (χ3n) is 6.39. The minimum atomic E-state index is 0.405. The molecule has 1 aromatic heterocycles. The summed E-state index contributed by atoms with van der Waals surface area (Å²) in [7, 11) is 0. The van der Waals surface area contributed by atoms with Crippen molar-refractivity contribution in [2.24, 2.45) is 0 Å². The first kappa shape index (κ1) is 24.9. The van der Waals surface area contributed by atoms with Gasteiger partial charge < -0.3 is 14.5 Å². The van der Waals surface area contributed by atoms with Crippen LogP contribution in [0.2, 0.25) is 0 Å². The van der Waals surface area contributed by atoms with Gasteiger partial charge in [0.25, 0.3) is 0 Å². The number of aromatic amines is 1. The Labute approximate surface area is 222 Å². The van der Waals surface area contributed by atoms with Crippen LogP contribution in [0, 0.1) is 18.3 Å². The number of aromatic nitrogens is 2. The highest BCUT2D eigenvalue weighted by Gasteiger charge is 2.15. The summed E-state index contributed by atoms with van der Waals surface area (Å²) >= 11 is 0. The van der Waals surface area contributed by atoms with Gasteiger partial charge >= 0.3 is 0 Å². The zero-order chi connectivity index (χ0) is 26.5. The number of allylic oxidation sites excluding steroid dienone is 2. The number of rotatable bonds is 9. The second-order valence-electron chi connectivity index (χ2n) is 9.14. The smallest absolute Gasteiger partial charge is 0.165 e. The van der Waals surface area contributed by atoms with E-state index in [9.17, 15) is 5.26 Å². The summed E-state index contributed by atoms with van der Waals surface area (Å²) in [6, 6.07) is 26.7. The van der Waals surface area contributed by atoms with Gasteiger partial charge in [-0.2, -0.15) is 5.26 Å². The minimum Gasteiger partial charge on any atom is -0.490 e. The number of aryl methyl sites for hydroxylation is 1. The average molecular weight is 500 g/mol. The van der Waals surface area contributed by atoms with Gasteiger partial charge in [0.15, 0.2) is 11.5 Å². The molecule has 0 atom stereocenters. The maximum Gasteiger partial charge on any atom is 0.165 e. The topological polar surface area (TPSA) is 70.9 Å². The molecule has 0 fully saturated rings. The lowest BCUT2D eigenvalue weighted by atomic mass is 10.0. The van der Waals surface area contributed by atoms with E-state index in [1.807, 2.05) is 74.5 Å². The van der Waals surface area contributed by atoms with E-state index in [2.05, 4.69) is 46.9 Å². The van der Waals surface area contributed by atoms with Crippen LogP contribution in [0.4, 0.5) is 0 Å². The Morgan fingerprint density at radius 1 is 1.03 bits per heavy atom. The van der Waals surface area contributed by atoms with E-state index in [0.29, 0.717) is 42.5 Å². The SMILES string of the molecule is C=CCc1cc(C=C(C#N)c2nc3ccc(C)cc3[nH]2)cc(OCC)c1OCc1cccc2ccccc12. The number of fused-ring (bicyclic) bond motifs is 2. The minimum absolute atomic E-state index is 0.405. The molecule has 1 heterocycles. The Bertz CT molecular complexity index is 1700. The molecule has 5 rings (SSSR count). The van der Waals surface area contributed by atoms with Crippen LogP contribution in [-0.2, 0) is 13.0 Å². The van der Waals surface area contributed by atoms with Crippen LogP contribution in [0.1, 0.15) is 35.0 Å². The molecule has 0 saturated carbocycles. The molecule has 188 valence electrons. The van der Waals surface area contributed by atoms with E-state index in [-0.39, 0.29) is 0 Å². The fraction of sp³-hybridized carbons (Fsp3) is 0.152. The molecule has 0 radical (unpaired) electrons. The van der Waals surface area contributed by atoms with Gasteiger partial charge in [-0.05, 0) is 78.1 Å². The number of nitrogens with zero attached hydrogens (tertiary/aromatic N) is 2. The Balaban J connectivity index is 1.52. The molecule has 0 aliphatic carbocycles. The molecule has 1 N–H and O–H groups in total. The molecular weight excluding hydrogens is 470 g/mol. The zero-order valence-electron chi connectivity index (χ0n) is 21.6. The first-order valence-corrected chi connectivity index (χ1v) is 12.7. The molecule has 0 aliphatic rings. The predicted molar refractivity (Wildman–Crippen MR) is 154 cm³/mol. The van der Waals surface area contributed by atoms with E-state index in [0.717, 1.165) is 38.7 Å². The average Bonchev–Trinajstić information content (AvgIpc) is 3.34. The molecule has 4 aromatic carbocycles. The van der Waals surface area contributed by atoms with Crippen molar-refractivity contribution in [3.05, 3.63) is 114 Å². The third kappa shape index (κ3) is 5.16. The van der Waals surface area contributed by atoms with Gasteiger partial charge in [-0.1, -0.05) is 54.6 Å². The number of H-pyrrole nitrogens is 1. The van der Waals surface area contributed by atoms with Crippen molar-refractivity contribution in [1.82, 2.24) is 9.97 Å². The van der Waals surface area contributed by atoms with Crippen molar-refractivity contribution in [2.45, 2.75) is 26.9 Å². The lowest BCUT2D eigenvalue weighted by molar-refractivity contribution is 0.268. The highest BCUT2D eigenvalue weighted by Crippen LogP contribution is 2.36. The second kappa shape index (κ2) is 11.1. The highest BCUT2D eigenvalue weighted by molar-refractivity contribution is 5.91. The van der Waals surface area contributed by atoms with Gasteiger partial charge in [-0.15, -0.1) is 6.58 Å². The molecule has 0 aliphatic heterocycles. The van der Waals surface area contributed by atoms with Gasteiger partial charge in [-0.3, -0.25) is 0 Å². The van der Waals surface area contributed by atoms with Crippen molar-refractivity contribution in [3.63, 3.8) is 0 Å². The molecule has 5 heteroatoms. The second-order valence-corrected chi connectivity index (χ2v) is 9.14. The monoisotopic (exact) mass is 499 g/mol. The van der Waals surface area contributed by atoms with Crippen molar-refractivity contribution < 1.29 is 9.47 Å². The number of benzene rings is 4. The summed E-state index contributed by atoms with van der Waals surface area (Å²) in [4.78, 5) is 7.90. The van der Waals surface area contributed by atoms with E-state index in [4.69, 9.17) is 9.47 Å². The number of hydrogen-bond donors (Lipinski definition) is 1. The number of hydrogen-bond acceptors (Lipinski definition) is 4. The summed E-state index contributed by atoms with van der Waals surface area (Å²) in [5.41, 5.74) is 6.17. The van der Waals surface area contributed by atoms with Gasteiger partial charge in [0.05, 0.1) is 23.2 Å². The van der Waals surface area contributed by atoms with Gasteiger partial charge in [0.2, 0.25) is 0 Å². The Hall–Kier alpha value is -4.82. The first-order valence-electron chi connectivity index (χ1n) is 12.7. The molecule has 0 spiro atoms. The van der Waals surface area contributed by atoms with E-state index >= 15 is 0 Å². The van der Waals surface area contributed by atoms with Crippen LogP contribution >= 0.6 is 0 Å². The third-order valence-corrected chi connectivity index (χ3v) is 6.39. The van der Waals surface area contributed by atoms with Crippen LogP contribution < -0.4 is 9.47 Å². The summed E-state index contributed by atoms with van der Waals surface area (Å²) in [5, 5.41) is 12.3. The van der Waals surface area contributed by atoms with Crippen LogP contribution in [0.3, 0.4) is 0 Å². The maximum atomic E-state index is 9.97. The molecule has 0 bridgehead atoms.